The molecule has 5 nitrogen and oxygen atoms in total. The maximum absolute atomic E-state index is 11.5. The van der Waals surface area contributed by atoms with E-state index in [2.05, 4.69) is 14.9 Å². The van der Waals surface area contributed by atoms with Crippen LogP contribution in [0.3, 0.4) is 0 Å². The Labute approximate surface area is 117 Å². The third kappa shape index (κ3) is 2.73. The lowest BCUT2D eigenvalue weighted by Crippen LogP contribution is -2.14. The summed E-state index contributed by atoms with van der Waals surface area (Å²) in [5, 5.41) is 4.07. The zero-order chi connectivity index (χ0) is 13.0. The van der Waals surface area contributed by atoms with Crippen LogP contribution in [0.1, 0.15) is 0 Å². The van der Waals surface area contributed by atoms with Gasteiger partial charge in [0, 0.05) is 28.2 Å². The Morgan fingerprint density at radius 1 is 1.56 bits per heavy atom. The summed E-state index contributed by atoms with van der Waals surface area (Å²) in [5.41, 5.74) is 0.688. The number of nitrogens with zero attached hydrogens (tertiary/aromatic N) is 2. The molecule has 0 aliphatic rings. The third-order valence-corrected chi connectivity index (χ3v) is 2.60. The van der Waals surface area contributed by atoms with E-state index >= 15 is 0 Å². The van der Waals surface area contributed by atoms with Gasteiger partial charge in [0.2, 0.25) is 5.89 Å². The number of aromatic nitrogens is 2. The van der Waals surface area contributed by atoms with E-state index in [-0.39, 0.29) is 12.4 Å². The van der Waals surface area contributed by atoms with Gasteiger partial charge in [-0.05, 0) is 22.1 Å². The van der Waals surface area contributed by atoms with Crippen LogP contribution < -0.4 is 10.5 Å². The van der Waals surface area contributed by atoms with Crippen LogP contribution in [0.4, 0.5) is 0 Å². The molecule has 0 bridgehead atoms. The third-order valence-electron chi connectivity index (χ3n) is 2.22. The smallest absolute Gasteiger partial charge is 0.438 e. The largest absolute Gasteiger partial charge is 0.497 e. The summed E-state index contributed by atoms with van der Waals surface area (Å²) in [7, 11) is 1.57. The molecule has 1 aromatic carbocycles. The minimum atomic E-state index is -0.521. The molecule has 1 heterocycles. The predicted molar refractivity (Wildman–Crippen MR) is 74.5 cm³/mol. The number of hydrogen-bond acceptors (Lipinski definition) is 4. The number of benzene rings is 1. The molecule has 0 aliphatic heterocycles. The molecule has 0 atom stereocenters. The molecule has 0 spiro atoms. The van der Waals surface area contributed by atoms with E-state index < -0.39 is 5.76 Å². The molecule has 0 fully saturated rings. The normalized spacial score (nSPS) is 9.67. The Hall–Kier alpha value is -1.75. The molecule has 0 N–H and O–H groups in total. The van der Waals surface area contributed by atoms with E-state index in [1.54, 1.807) is 31.4 Å². The van der Waals surface area contributed by atoms with E-state index in [0.29, 0.717) is 11.3 Å². The Balaban J connectivity index is 2.38. The van der Waals surface area contributed by atoms with Gasteiger partial charge in [0.1, 0.15) is 12.3 Å². The molecular formula is C12H9IN2O3. The summed E-state index contributed by atoms with van der Waals surface area (Å²) in [4.78, 5) is 11.5. The Kier molecular flexibility index (Phi) is 4.04. The summed E-state index contributed by atoms with van der Waals surface area (Å²) in [6, 6.07) is 7.15. The molecule has 18 heavy (non-hydrogen) atoms. The summed E-state index contributed by atoms with van der Waals surface area (Å²) >= 11 is 1.90. The van der Waals surface area contributed by atoms with Crippen LogP contribution in [0.15, 0.2) is 33.5 Å². The highest BCUT2D eigenvalue weighted by Gasteiger charge is 2.10. The van der Waals surface area contributed by atoms with Gasteiger partial charge in [-0.25, -0.2) is 4.79 Å². The molecule has 0 aliphatic carbocycles. The first-order chi connectivity index (χ1) is 8.74. The van der Waals surface area contributed by atoms with Crippen LogP contribution in [0.5, 0.6) is 5.75 Å². The monoisotopic (exact) mass is 356 g/mol. The standard InChI is InChI=1S/C12H9IN2O3/c1-17-10-5-2-4-9(8-10)11-14-15(7-3-6-13)12(16)18-11/h2,4-5,8H,7H2,1H3. The summed E-state index contributed by atoms with van der Waals surface area (Å²) in [5.74, 6) is 3.16. The Bertz CT molecular complexity index is 664. The fraction of sp³-hybridized carbons (Fsp3) is 0.167. The van der Waals surface area contributed by atoms with E-state index in [4.69, 9.17) is 9.15 Å². The first kappa shape index (κ1) is 12.7. The number of ether oxygens (including phenoxy) is 1. The molecule has 0 unspecified atom stereocenters. The summed E-state index contributed by atoms with van der Waals surface area (Å²) < 4.78 is 14.0. The van der Waals surface area contributed by atoms with Crippen molar-refractivity contribution in [1.29, 1.82) is 0 Å². The highest BCUT2D eigenvalue weighted by Crippen LogP contribution is 2.20. The van der Waals surface area contributed by atoms with E-state index in [1.165, 1.54) is 4.68 Å². The lowest BCUT2D eigenvalue weighted by Gasteiger charge is -1.99. The number of methoxy groups -OCH3 is 1. The summed E-state index contributed by atoms with van der Waals surface area (Å²) in [6.07, 6.45) is 0. The summed E-state index contributed by atoms with van der Waals surface area (Å²) in [6.45, 7) is 0.218. The van der Waals surface area contributed by atoms with E-state index in [0.717, 1.165) is 0 Å². The highest BCUT2D eigenvalue weighted by molar-refractivity contribution is 14.1. The average Bonchev–Trinajstić information content (AvgIpc) is 2.78. The first-order valence-corrected chi connectivity index (χ1v) is 6.13. The van der Waals surface area contributed by atoms with Gasteiger partial charge in [-0.1, -0.05) is 12.0 Å². The van der Waals surface area contributed by atoms with Gasteiger partial charge in [-0.2, -0.15) is 4.68 Å². The van der Waals surface area contributed by atoms with Crippen LogP contribution in [-0.2, 0) is 6.54 Å². The fourth-order valence-corrected chi connectivity index (χ4v) is 1.55. The molecule has 2 aromatic rings. The Morgan fingerprint density at radius 3 is 3.11 bits per heavy atom. The van der Waals surface area contributed by atoms with Crippen molar-refractivity contribution < 1.29 is 9.15 Å². The van der Waals surface area contributed by atoms with Gasteiger partial charge in [-0.15, -0.1) is 5.10 Å². The van der Waals surface area contributed by atoms with Crippen molar-refractivity contribution in [2.75, 3.05) is 7.11 Å². The van der Waals surface area contributed by atoms with Gasteiger partial charge in [-0.3, -0.25) is 0 Å². The molecule has 0 saturated carbocycles. The van der Waals surface area contributed by atoms with Gasteiger partial charge < -0.3 is 9.15 Å². The zero-order valence-corrected chi connectivity index (χ0v) is 11.7. The minimum Gasteiger partial charge on any atom is -0.497 e. The maximum atomic E-state index is 11.5. The molecule has 0 radical (unpaired) electrons. The van der Waals surface area contributed by atoms with E-state index in [1.807, 2.05) is 22.6 Å². The second-order valence-corrected chi connectivity index (χ2v) is 3.87. The van der Waals surface area contributed by atoms with Gasteiger partial charge >= 0.3 is 5.76 Å². The molecule has 1 aromatic heterocycles. The van der Waals surface area contributed by atoms with Crippen LogP contribution in [0, 0.1) is 9.85 Å². The van der Waals surface area contributed by atoms with Crippen molar-refractivity contribution in [3.63, 3.8) is 0 Å². The van der Waals surface area contributed by atoms with Crippen molar-refractivity contribution in [2.24, 2.45) is 0 Å². The molecule has 0 amide bonds. The maximum Gasteiger partial charge on any atom is 0.438 e. The second-order valence-electron chi connectivity index (χ2n) is 3.33. The molecule has 92 valence electrons. The quantitative estimate of drug-likeness (QED) is 0.623. The lowest BCUT2D eigenvalue weighted by molar-refractivity contribution is 0.414. The average molecular weight is 356 g/mol. The zero-order valence-electron chi connectivity index (χ0n) is 9.51. The molecule has 6 heteroatoms. The van der Waals surface area contributed by atoms with Crippen LogP contribution in [-0.4, -0.2) is 16.9 Å². The fourth-order valence-electron chi connectivity index (χ4n) is 1.38. The van der Waals surface area contributed by atoms with Crippen molar-refractivity contribution in [3.05, 3.63) is 34.8 Å². The molecule has 0 saturated heterocycles. The van der Waals surface area contributed by atoms with Gasteiger partial charge in [0.05, 0.1) is 7.11 Å². The number of hydrogen-bond donors (Lipinski definition) is 0. The number of halogens is 1. The highest BCUT2D eigenvalue weighted by atomic mass is 127. The molecular weight excluding hydrogens is 347 g/mol. The topological polar surface area (TPSA) is 57.3 Å². The van der Waals surface area contributed by atoms with Crippen LogP contribution in [0.25, 0.3) is 11.5 Å². The number of rotatable bonds is 3. The van der Waals surface area contributed by atoms with Crippen molar-refractivity contribution >= 4 is 22.6 Å². The predicted octanol–water partition coefficient (Wildman–Crippen LogP) is 1.91. The van der Waals surface area contributed by atoms with Gasteiger partial charge in [0.15, 0.2) is 0 Å². The minimum absolute atomic E-state index is 0.218. The molecule has 2 rings (SSSR count). The van der Waals surface area contributed by atoms with Crippen molar-refractivity contribution in [3.8, 4) is 27.1 Å². The van der Waals surface area contributed by atoms with Crippen molar-refractivity contribution in [2.45, 2.75) is 6.54 Å². The first-order valence-electron chi connectivity index (χ1n) is 5.05. The van der Waals surface area contributed by atoms with Crippen LogP contribution >= 0.6 is 22.6 Å². The Morgan fingerprint density at radius 2 is 2.39 bits per heavy atom. The SMILES string of the molecule is COc1cccc(-c2nn(CC#CI)c(=O)o2)c1. The van der Waals surface area contributed by atoms with E-state index in [9.17, 15) is 4.79 Å². The van der Waals surface area contributed by atoms with Crippen LogP contribution in [0.2, 0.25) is 0 Å². The van der Waals surface area contributed by atoms with Gasteiger partial charge in [0.25, 0.3) is 0 Å². The lowest BCUT2D eigenvalue weighted by atomic mass is 10.2. The second kappa shape index (κ2) is 5.73. The van der Waals surface area contributed by atoms with Crippen molar-refractivity contribution in [1.82, 2.24) is 9.78 Å².